The van der Waals surface area contributed by atoms with Crippen LogP contribution in [0.1, 0.15) is 4.88 Å². The van der Waals surface area contributed by atoms with Gasteiger partial charge in [-0.15, -0.1) is 11.3 Å². The van der Waals surface area contributed by atoms with Gasteiger partial charge in [0.1, 0.15) is 0 Å². The lowest BCUT2D eigenvalue weighted by Gasteiger charge is -2.10. The largest absolute Gasteiger partial charge is 0.296 e. The zero-order valence-corrected chi connectivity index (χ0v) is 10.9. The van der Waals surface area contributed by atoms with Gasteiger partial charge in [-0.05, 0) is 41.5 Å². The van der Waals surface area contributed by atoms with Crippen LogP contribution in [0, 0.1) is 0 Å². The molecule has 1 rings (SSSR count). The molecule has 0 amide bonds. The fraction of sp³-hybridized carbons (Fsp3) is 0.500. The molecule has 0 fully saturated rings. The molecule has 0 aliphatic rings. The van der Waals surface area contributed by atoms with E-state index in [4.69, 9.17) is 0 Å². The third-order valence-corrected chi connectivity index (χ3v) is 4.11. The normalized spacial score (nSPS) is 11.0. The maximum Gasteiger partial charge on any atom is 0.0701 e. The van der Waals surface area contributed by atoms with Crippen molar-refractivity contribution in [1.29, 1.82) is 0 Å². The van der Waals surface area contributed by atoms with Crippen LogP contribution in [0.15, 0.2) is 15.9 Å². The molecule has 0 aliphatic heterocycles. The quantitative estimate of drug-likeness (QED) is 0.609. The maximum atomic E-state index is 3.45. The molecule has 0 saturated heterocycles. The van der Waals surface area contributed by atoms with Crippen molar-refractivity contribution < 1.29 is 0 Å². The van der Waals surface area contributed by atoms with Gasteiger partial charge in [0, 0.05) is 11.4 Å². The molecule has 1 nitrogen and oxygen atoms in total. The Bertz CT molecular complexity index is 237. The molecule has 0 N–H and O–H groups in total. The highest BCUT2D eigenvalue weighted by Crippen LogP contribution is 2.22. The fourth-order valence-corrected chi connectivity index (χ4v) is 2.57. The van der Waals surface area contributed by atoms with E-state index in [1.165, 1.54) is 8.66 Å². The van der Waals surface area contributed by atoms with Crippen LogP contribution in [0.5, 0.6) is 0 Å². The summed E-state index contributed by atoms with van der Waals surface area (Å²) >= 11 is 8.68. The highest BCUT2D eigenvalue weighted by Gasteiger charge is 1.99. The standard InChI is InChI=1S/C8H11Br2NS/c1-11(6-9)5-4-7-2-3-8(10)12-7/h2-3H,4-6H2,1H3. The first-order valence-electron chi connectivity index (χ1n) is 3.71. The van der Waals surface area contributed by atoms with Crippen molar-refractivity contribution in [2.75, 3.05) is 19.0 Å². The van der Waals surface area contributed by atoms with Crippen LogP contribution in [0.2, 0.25) is 0 Å². The van der Waals surface area contributed by atoms with E-state index >= 15 is 0 Å². The molecule has 1 heterocycles. The Morgan fingerprint density at radius 2 is 2.25 bits per heavy atom. The summed E-state index contributed by atoms with van der Waals surface area (Å²) in [5, 5.41) is 0. The molecule has 0 atom stereocenters. The van der Waals surface area contributed by atoms with Gasteiger partial charge in [0.05, 0.1) is 9.24 Å². The second-order valence-electron chi connectivity index (χ2n) is 2.66. The summed E-state index contributed by atoms with van der Waals surface area (Å²) < 4.78 is 1.22. The van der Waals surface area contributed by atoms with E-state index < -0.39 is 0 Å². The molecule has 4 heteroatoms. The smallest absolute Gasteiger partial charge is 0.0701 e. The topological polar surface area (TPSA) is 3.24 Å². The summed E-state index contributed by atoms with van der Waals surface area (Å²) in [5.74, 6) is 0. The molecular weight excluding hydrogens is 302 g/mol. The van der Waals surface area contributed by atoms with Gasteiger partial charge in [-0.1, -0.05) is 15.9 Å². The molecule has 1 aromatic rings. The molecular formula is C8H11Br2NS. The van der Waals surface area contributed by atoms with Gasteiger partial charge in [-0.2, -0.15) is 0 Å². The summed E-state index contributed by atoms with van der Waals surface area (Å²) in [4.78, 5) is 3.68. The van der Waals surface area contributed by atoms with E-state index in [2.05, 4.69) is 55.9 Å². The second kappa shape index (κ2) is 5.37. The Morgan fingerprint density at radius 3 is 2.75 bits per heavy atom. The van der Waals surface area contributed by atoms with Crippen LogP contribution in [0.3, 0.4) is 0 Å². The van der Waals surface area contributed by atoms with Crippen molar-refractivity contribution >= 4 is 43.2 Å². The van der Waals surface area contributed by atoms with Gasteiger partial charge in [0.2, 0.25) is 0 Å². The number of nitrogens with zero attached hydrogens (tertiary/aromatic N) is 1. The summed E-state index contributed by atoms with van der Waals surface area (Å²) in [6.45, 7) is 1.11. The van der Waals surface area contributed by atoms with Crippen LogP contribution < -0.4 is 0 Å². The number of rotatable bonds is 4. The lowest BCUT2D eigenvalue weighted by atomic mass is 10.3. The zero-order chi connectivity index (χ0) is 8.97. The molecule has 0 unspecified atom stereocenters. The van der Waals surface area contributed by atoms with Crippen LogP contribution >= 0.6 is 43.2 Å². The Hall–Kier alpha value is 0.620. The molecule has 0 aromatic carbocycles. The molecule has 12 heavy (non-hydrogen) atoms. The Kier molecular flexibility index (Phi) is 4.79. The third-order valence-electron chi connectivity index (χ3n) is 1.57. The molecule has 0 saturated carbocycles. The van der Waals surface area contributed by atoms with Crippen molar-refractivity contribution in [2.45, 2.75) is 6.42 Å². The van der Waals surface area contributed by atoms with Gasteiger partial charge >= 0.3 is 0 Å². The van der Waals surface area contributed by atoms with Crippen molar-refractivity contribution in [3.05, 3.63) is 20.8 Å². The van der Waals surface area contributed by atoms with E-state index in [0.29, 0.717) is 0 Å². The third kappa shape index (κ3) is 3.56. The first kappa shape index (κ1) is 10.7. The minimum absolute atomic E-state index is 0.944. The van der Waals surface area contributed by atoms with E-state index in [1.54, 1.807) is 0 Å². The van der Waals surface area contributed by atoms with Gasteiger partial charge < -0.3 is 0 Å². The predicted octanol–water partition coefficient (Wildman–Crippen LogP) is 3.34. The predicted molar refractivity (Wildman–Crippen MR) is 62.1 cm³/mol. The molecule has 68 valence electrons. The van der Waals surface area contributed by atoms with Gasteiger partial charge in [0.25, 0.3) is 0 Å². The van der Waals surface area contributed by atoms with Crippen LogP contribution in [0.4, 0.5) is 0 Å². The Labute approximate surface area is 94.0 Å². The average Bonchev–Trinajstić information content (AvgIpc) is 2.47. The van der Waals surface area contributed by atoms with Crippen LogP contribution in [-0.2, 0) is 6.42 Å². The van der Waals surface area contributed by atoms with Gasteiger partial charge in [-0.3, -0.25) is 4.90 Å². The summed E-state index contributed by atoms with van der Waals surface area (Å²) in [6.07, 6.45) is 1.14. The fourth-order valence-electron chi connectivity index (χ4n) is 0.847. The summed E-state index contributed by atoms with van der Waals surface area (Å²) in [5.41, 5.74) is 0.944. The number of thiophene rings is 1. The molecule has 0 bridgehead atoms. The minimum atomic E-state index is 0.944. The van der Waals surface area contributed by atoms with Crippen molar-refractivity contribution in [1.82, 2.24) is 4.90 Å². The highest BCUT2D eigenvalue weighted by molar-refractivity contribution is 9.11. The first-order chi connectivity index (χ1) is 5.72. The lowest BCUT2D eigenvalue weighted by molar-refractivity contribution is 0.402. The zero-order valence-electron chi connectivity index (χ0n) is 6.89. The van der Waals surface area contributed by atoms with Crippen LogP contribution in [0.25, 0.3) is 0 Å². The van der Waals surface area contributed by atoms with E-state index in [0.717, 1.165) is 18.4 Å². The van der Waals surface area contributed by atoms with Crippen LogP contribution in [-0.4, -0.2) is 23.9 Å². The number of hydrogen-bond donors (Lipinski definition) is 0. The summed E-state index contributed by atoms with van der Waals surface area (Å²) in [7, 11) is 2.11. The summed E-state index contributed by atoms with van der Waals surface area (Å²) in [6, 6.07) is 4.28. The lowest BCUT2D eigenvalue weighted by Crippen LogP contribution is -2.18. The van der Waals surface area contributed by atoms with Crippen molar-refractivity contribution in [3.8, 4) is 0 Å². The van der Waals surface area contributed by atoms with E-state index in [-0.39, 0.29) is 0 Å². The van der Waals surface area contributed by atoms with Gasteiger partial charge in [0.15, 0.2) is 0 Å². The van der Waals surface area contributed by atoms with Crippen molar-refractivity contribution in [3.63, 3.8) is 0 Å². The average molecular weight is 313 g/mol. The second-order valence-corrected chi connectivity index (χ2v) is 5.70. The maximum absolute atomic E-state index is 3.45. The van der Waals surface area contributed by atoms with E-state index in [9.17, 15) is 0 Å². The molecule has 0 aliphatic carbocycles. The monoisotopic (exact) mass is 311 g/mol. The first-order valence-corrected chi connectivity index (χ1v) is 6.44. The molecule has 0 radical (unpaired) electrons. The SMILES string of the molecule is CN(CBr)CCc1ccc(Br)s1. The van der Waals surface area contributed by atoms with E-state index in [1.807, 2.05) is 11.3 Å². The minimum Gasteiger partial charge on any atom is -0.296 e. The number of alkyl halides is 1. The molecule has 0 spiro atoms. The Balaban J connectivity index is 2.33. The number of hydrogen-bond acceptors (Lipinski definition) is 2. The number of halogens is 2. The van der Waals surface area contributed by atoms with Crippen molar-refractivity contribution in [2.24, 2.45) is 0 Å². The molecule has 1 aromatic heterocycles. The van der Waals surface area contributed by atoms with Gasteiger partial charge in [-0.25, -0.2) is 0 Å². The highest BCUT2D eigenvalue weighted by atomic mass is 79.9. The number of likely N-dealkylation sites (N-methyl/N-ethyl adjacent to an activating group) is 1. The Morgan fingerprint density at radius 1 is 1.50 bits per heavy atom.